The minimum Gasteiger partial charge on any atom is -0.480 e. The molecule has 0 aromatic carbocycles. The summed E-state index contributed by atoms with van der Waals surface area (Å²) in [6.45, 7) is 0.920. The van der Waals surface area contributed by atoms with E-state index in [0.717, 1.165) is 22.6 Å². The summed E-state index contributed by atoms with van der Waals surface area (Å²) >= 11 is 1.64. The lowest BCUT2D eigenvalue weighted by Gasteiger charge is -2.04. The first-order valence-corrected chi connectivity index (χ1v) is 6.64. The van der Waals surface area contributed by atoms with E-state index in [4.69, 9.17) is 4.74 Å². The van der Waals surface area contributed by atoms with Gasteiger partial charge >= 0.3 is 0 Å². The Hall–Kier alpha value is -1.07. The second kappa shape index (κ2) is 5.51. The Balaban J connectivity index is 1.96. The summed E-state index contributed by atoms with van der Waals surface area (Å²) in [5.41, 5.74) is 0. The van der Waals surface area contributed by atoms with Crippen molar-refractivity contribution in [3.8, 4) is 5.88 Å². The van der Waals surface area contributed by atoms with Gasteiger partial charge in [0.2, 0.25) is 5.88 Å². The SMILES string of the molecule is COc1nc(N(C)C)sc1C=CCNC1CC1. The van der Waals surface area contributed by atoms with Crippen LogP contribution in [0.3, 0.4) is 0 Å². The first kappa shape index (κ1) is 12.4. The highest BCUT2D eigenvalue weighted by molar-refractivity contribution is 7.16. The molecule has 1 heterocycles. The predicted octanol–water partition coefficient (Wildman–Crippen LogP) is 1.98. The molecule has 0 saturated heterocycles. The fraction of sp³-hybridized carbons (Fsp3) is 0.583. The van der Waals surface area contributed by atoms with Crippen molar-refractivity contribution >= 4 is 22.5 Å². The normalized spacial score (nSPS) is 15.5. The number of thiazole rings is 1. The van der Waals surface area contributed by atoms with Crippen LogP contribution in [-0.2, 0) is 0 Å². The number of nitrogens with zero attached hydrogens (tertiary/aromatic N) is 2. The van der Waals surface area contributed by atoms with Crippen LogP contribution in [0.4, 0.5) is 5.13 Å². The van der Waals surface area contributed by atoms with E-state index in [1.807, 2.05) is 19.0 Å². The van der Waals surface area contributed by atoms with E-state index in [1.54, 1.807) is 18.4 Å². The summed E-state index contributed by atoms with van der Waals surface area (Å²) in [6.07, 6.45) is 6.86. The average molecular weight is 253 g/mol. The van der Waals surface area contributed by atoms with Gasteiger partial charge in [0.15, 0.2) is 5.13 Å². The molecule has 5 heteroatoms. The maximum atomic E-state index is 5.27. The lowest BCUT2D eigenvalue weighted by molar-refractivity contribution is 0.400. The molecular weight excluding hydrogens is 234 g/mol. The fourth-order valence-electron chi connectivity index (χ4n) is 1.44. The summed E-state index contributed by atoms with van der Waals surface area (Å²) in [6, 6.07) is 0.750. The van der Waals surface area contributed by atoms with Crippen LogP contribution in [0.25, 0.3) is 6.08 Å². The van der Waals surface area contributed by atoms with Crippen molar-refractivity contribution in [3.63, 3.8) is 0 Å². The van der Waals surface area contributed by atoms with Crippen LogP contribution >= 0.6 is 11.3 Å². The van der Waals surface area contributed by atoms with Crippen molar-refractivity contribution in [3.05, 3.63) is 11.0 Å². The zero-order valence-electron chi connectivity index (χ0n) is 10.6. The Morgan fingerprint density at radius 2 is 2.29 bits per heavy atom. The van der Waals surface area contributed by atoms with Crippen molar-refractivity contribution < 1.29 is 4.74 Å². The molecule has 17 heavy (non-hydrogen) atoms. The summed E-state index contributed by atoms with van der Waals surface area (Å²) < 4.78 is 5.27. The van der Waals surface area contributed by atoms with Crippen LogP contribution in [0.15, 0.2) is 6.08 Å². The van der Waals surface area contributed by atoms with Gasteiger partial charge < -0.3 is 15.0 Å². The van der Waals surface area contributed by atoms with Crippen molar-refractivity contribution in [1.29, 1.82) is 0 Å². The van der Waals surface area contributed by atoms with Gasteiger partial charge in [-0.15, -0.1) is 0 Å². The summed E-state index contributed by atoms with van der Waals surface area (Å²) in [7, 11) is 5.63. The molecule has 1 aromatic rings. The molecule has 94 valence electrons. The number of hydrogen-bond acceptors (Lipinski definition) is 5. The average Bonchev–Trinajstić information content (AvgIpc) is 3.03. The summed E-state index contributed by atoms with van der Waals surface area (Å²) in [5, 5.41) is 4.41. The monoisotopic (exact) mass is 253 g/mol. The number of methoxy groups -OCH3 is 1. The van der Waals surface area contributed by atoms with Gasteiger partial charge in [0.1, 0.15) is 0 Å². The number of nitrogens with one attached hydrogen (secondary N) is 1. The topological polar surface area (TPSA) is 37.4 Å². The van der Waals surface area contributed by atoms with Crippen molar-refractivity contribution in [2.24, 2.45) is 0 Å². The Labute approximate surface area is 106 Å². The molecule has 1 N–H and O–H groups in total. The molecule has 0 bridgehead atoms. The molecule has 1 aliphatic carbocycles. The number of anilines is 1. The Morgan fingerprint density at radius 1 is 1.53 bits per heavy atom. The molecule has 1 saturated carbocycles. The van der Waals surface area contributed by atoms with Crippen LogP contribution in [0, 0.1) is 0 Å². The van der Waals surface area contributed by atoms with Crippen molar-refractivity contribution in [2.45, 2.75) is 18.9 Å². The van der Waals surface area contributed by atoms with Crippen LogP contribution in [0.2, 0.25) is 0 Å². The minimum atomic E-state index is 0.710. The van der Waals surface area contributed by atoms with Crippen molar-refractivity contribution in [2.75, 3.05) is 32.6 Å². The Morgan fingerprint density at radius 3 is 2.88 bits per heavy atom. The van der Waals surface area contributed by atoms with Gasteiger partial charge in [0.25, 0.3) is 0 Å². The lowest BCUT2D eigenvalue weighted by atomic mass is 10.4. The van der Waals surface area contributed by atoms with E-state index in [0.29, 0.717) is 5.88 Å². The van der Waals surface area contributed by atoms with Crippen molar-refractivity contribution in [1.82, 2.24) is 10.3 Å². The van der Waals surface area contributed by atoms with E-state index in [-0.39, 0.29) is 0 Å². The molecule has 1 aromatic heterocycles. The highest BCUT2D eigenvalue weighted by Gasteiger charge is 2.19. The van der Waals surface area contributed by atoms with E-state index in [1.165, 1.54) is 12.8 Å². The molecule has 0 spiro atoms. The smallest absolute Gasteiger partial charge is 0.233 e. The van der Waals surface area contributed by atoms with Crippen LogP contribution in [0.5, 0.6) is 5.88 Å². The lowest BCUT2D eigenvalue weighted by Crippen LogP contribution is -2.15. The van der Waals surface area contributed by atoms with E-state index < -0.39 is 0 Å². The van der Waals surface area contributed by atoms with Crippen LogP contribution in [-0.4, -0.2) is 38.8 Å². The Bertz CT molecular complexity index is 396. The van der Waals surface area contributed by atoms with Gasteiger partial charge in [0.05, 0.1) is 12.0 Å². The van der Waals surface area contributed by atoms with Gasteiger partial charge in [-0.25, -0.2) is 0 Å². The molecule has 4 nitrogen and oxygen atoms in total. The van der Waals surface area contributed by atoms with Gasteiger partial charge in [-0.1, -0.05) is 17.4 Å². The second-order valence-corrected chi connectivity index (χ2v) is 5.36. The largest absolute Gasteiger partial charge is 0.480 e. The fourth-order valence-corrected chi connectivity index (χ4v) is 2.33. The number of hydrogen-bond donors (Lipinski definition) is 1. The Kier molecular flexibility index (Phi) is 4.02. The highest BCUT2D eigenvalue weighted by atomic mass is 32.1. The van der Waals surface area contributed by atoms with E-state index in [2.05, 4.69) is 22.5 Å². The first-order valence-electron chi connectivity index (χ1n) is 5.82. The third kappa shape index (κ3) is 3.44. The molecule has 1 fully saturated rings. The molecule has 2 rings (SSSR count). The third-order valence-electron chi connectivity index (χ3n) is 2.56. The third-order valence-corrected chi connectivity index (χ3v) is 3.73. The first-order chi connectivity index (χ1) is 8.20. The van der Waals surface area contributed by atoms with Crippen LogP contribution in [0.1, 0.15) is 17.7 Å². The van der Waals surface area contributed by atoms with Gasteiger partial charge in [-0.2, -0.15) is 4.98 Å². The summed E-state index contributed by atoms with van der Waals surface area (Å²) in [4.78, 5) is 7.48. The molecule has 0 radical (unpaired) electrons. The van der Waals surface area contributed by atoms with Gasteiger partial charge in [-0.05, 0) is 18.9 Å². The zero-order valence-corrected chi connectivity index (χ0v) is 11.4. The van der Waals surface area contributed by atoms with E-state index in [9.17, 15) is 0 Å². The zero-order chi connectivity index (χ0) is 12.3. The second-order valence-electron chi connectivity index (χ2n) is 4.35. The van der Waals surface area contributed by atoms with E-state index >= 15 is 0 Å². The molecule has 0 amide bonds. The highest BCUT2D eigenvalue weighted by Crippen LogP contribution is 2.31. The molecule has 0 atom stereocenters. The van der Waals surface area contributed by atoms with Gasteiger partial charge in [-0.3, -0.25) is 0 Å². The minimum absolute atomic E-state index is 0.710. The number of aromatic nitrogens is 1. The predicted molar refractivity (Wildman–Crippen MR) is 73.1 cm³/mol. The quantitative estimate of drug-likeness (QED) is 0.841. The molecule has 0 aliphatic heterocycles. The molecule has 0 unspecified atom stereocenters. The maximum absolute atomic E-state index is 5.27. The number of ether oxygens (including phenoxy) is 1. The standard InChI is InChI=1S/C12H19N3OS/c1-15(2)12-14-11(16-3)10(17-12)5-4-8-13-9-6-7-9/h4-5,9,13H,6-8H2,1-3H3. The summed E-state index contributed by atoms with van der Waals surface area (Å²) in [5.74, 6) is 0.710. The molecule has 1 aliphatic rings. The molecular formula is C12H19N3OS. The van der Waals surface area contributed by atoms with Crippen LogP contribution < -0.4 is 15.0 Å². The maximum Gasteiger partial charge on any atom is 0.233 e. The number of rotatable bonds is 6. The van der Waals surface area contributed by atoms with Gasteiger partial charge in [0, 0.05) is 26.7 Å².